The lowest BCUT2D eigenvalue weighted by molar-refractivity contribution is -0.137. The number of carbonyl (C=O) groups is 2. The molecule has 3 N–H and O–H groups in total. The molecule has 0 fully saturated rings. The first-order valence-corrected chi connectivity index (χ1v) is 8.55. The average Bonchev–Trinajstić information content (AvgIpc) is 2.44. The number of nitrogens with two attached hydrogens (primary N) is 1. The first kappa shape index (κ1) is 23.2. The third-order valence-electron chi connectivity index (χ3n) is 3.30. The summed E-state index contributed by atoms with van der Waals surface area (Å²) in [7, 11) is 3.81. The van der Waals surface area contributed by atoms with Crippen molar-refractivity contribution in [2.45, 2.75) is 77.6 Å². The topological polar surface area (TPSA) is 83.6 Å². The number of carboxylic acid groups (broad SMARTS) is 1. The van der Waals surface area contributed by atoms with Crippen molar-refractivity contribution in [1.29, 1.82) is 0 Å². The minimum absolute atomic E-state index is 0.237. The summed E-state index contributed by atoms with van der Waals surface area (Å²) in [5.74, 6) is -0.897. The van der Waals surface area contributed by atoms with Gasteiger partial charge in [-0.05, 0) is 20.5 Å². The number of primary amides is 1. The number of unbranched alkanes of at least 4 members (excludes halogenated alkanes) is 8. The van der Waals surface area contributed by atoms with Crippen LogP contribution in [0.5, 0.6) is 0 Å². The van der Waals surface area contributed by atoms with E-state index in [2.05, 4.69) is 6.92 Å². The second kappa shape index (κ2) is 18.0. The Morgan fingerprint density at radius 3 is 1.64 bits per heavy atom. The number of hydrogen-bond acceptors (Lipinski definition) is 3. The molecule has 0 aliphatic rings. The molecule has 0 saturated heterocycles. The van der Waals surface area contributed by atoms with Gasteiger partial charge in [-0.1, -0.05) is 58.3 Å². The zero-order chi connectivity index (χ0) is 17.2. The van der Waals surface area contributed by atoms with Crippen LogP contribution < -0.4 is 5.73 Å². The fourth-order valence-electron chi connectivity index (χ4n) is 1.92. The highest BCUT2D eigenvalue weighted by Crippen LogP contribution is 2.10. The Kier molecular flexibility index (Phi) is 18.9. The third kappa shape index (κ3) is 27.3. The van der Waals surface area contributed by atoms with Crippen molar-refractivity contribution < 1.29 is 14.7 Å². The van der Waals surface area contributed by atoms with Crippen LogP contribution in [0, 0.1) is 0 Å². The largest absolute Gasteiger partial charge is 0.481 e. The van der Waals surface area contributed by atoms with Crippen molar-refractivity contribution in [2.75, 3.05) is 20.6 Å². The number of carboxylic acids is 1. The molecule has 0 aromatic heterocycles. The van der Waals surface area contributed by atoms with Gasteiger partial charge in [-0.25, -0.2) is 0 Å². The predicted octanol–water partition coefficient (Wildman–Crippen LogP) is 3.42. The molecule has 0 bridgehead atoms. The van der Waals surface area contributed by atoms with Gasteiger partial charge in [-0.3, -0.25) is 9.59 Å². The monoisotopic (exact) mass is 316 g/mol. The van der Waals surface area contributed by atoms with Gasteiger partial charge < -0.3 is 15.7 Å². The molecule has 0 rings (SSSR count). The Balaban J connectivity index is 0. The van der Waals surface area contributed by atoms with E-state index in [0.29, 0.717) is 12.8 Å². The fraction of sp³-hybridized carbons (Fsp3) is 0.882. The van der Waals surface area contributed by atoms with E-state index in [-0.39, 0.29) is 5.91 Å². The van der Waals surface area contributed by atoms with Gasteiger partial charge in [0.1, 0.15) is 0 Å². The number of nitrogens with zero attached hydrogens (tertiary/aromatic N) is 1. The zero-order valence-electron chi connectivity index (χ0n) is 14.8. The molecule has 0 saturated carbocycles. The molecule has 0 aromatic carbocycles. The number of carbonyl (C=O) groups excluding carboxylic acids is 1. The molecule has 5 heteroatoms. The molecule has 1 amide bonds. The predicted molar refractivity (Wildman–Crippen MR) is 91.8 cm³/mol. The smallest absolute Gasteiger partial charge is 0.303 e. The molecule has 22 heavy (non-hydrogen) atoms. The summed E-state index contributed by atoms with van der Waals surface area (Å²) in [6.45, 7) is 2.97. The first-order valence-electron chi connectivity index (χ1n) is 8.55. The van der Waals surface area contributed by atoms with Gasteiger partial charge in [-0.15, -0.1) is 0 Å². The molecular weight excluding hydrogens is 280 g/mol. The molecule has 0 aromatic rings. The third-order valence-corrected chi connectivity index (χ3v) is 3.30. The Hall–Kier alpha value is -1.10. The van der Waals surface area contributed by atoms with Crippen molar-refractivity contribution in [1.82, 2.24) is 4.90 Å². The molecular formula is C17H36N2O3. The number of rotatable bonds is 13. The van der Waals surface area contributed by atoms with E-state index in [9.17, 15) is 9.59 Å². The lowest BCUT2D eigenvalue weighted by Crippen LogP contribution is -2.20. The Morgan fingerprint density at radius 1 is 0.864 bits per heavy atom. The van der Waals surface area contributed by atoms with Crippen LogP contribution in [0.2, 0.25) is 0 Å². The molecule has 0 aliphatic carbocycles. The Labute approximate surface area is 136 Å². The van der Waals surface area contributed by atoms with Gasteiger partial charge in [0.05, 0.1) is 0 Å². The van der Waals surface area contributed by atoms with Crippen molar-refractivity contribution in [3.8, 4) is 0 Å². The summed E-state index contributed by atoms with van der Waals surface area (Å²) in [6, 6.07) is 0. The standard InChI is InChI=1S/C12H24O2.C5H12N2O/c1-2-3-4-5-6-7-8-9-10-11-12(13)14;1-7(2)4-3-5(6)8/h2-11H2,1H3,(H,13,14);3-4H2,1-2H3,(H2,6,8). The van der Waals surface area contributed by atoms with Gasteiger partial charge in [0, 0.05) is 19.4 Å². The highest BCUT2D eigenvalue weighted by molar-refractivity contribution is 5.73. The summed E-state index contributed by atoms with van der Waals surface area (Å²) in [5, 5.41) is 8.41. The fourth-order valence-corrected chi connectivity index (χ4v) is 1.92. The minimum Gasteiger partial charge on any atom is -0.481 e. The second-order valence-electron chi connectivity index (χ2n) is 5.99. The van der Waals surface area contributed by atoms with E-state index in [4.69, 9.17) is 10.8 Å². The molecule has 0 spiro atoms. The van der Waals surface area contributed by atoms with E-state index in [1.807, 2.05) is 19.0 Å². The highest BCUT2D eigenvalue weighted by atomic mass is 16.4. The highest BCUT2D eigenvalue weighted by Gasteiger charge is 1.96. The van der Waals surface area contributed by atoms with Gasteiger partial charge in [-0.2, -0.15) is 0 Å². The molecule has 0 atom stereocenters. The molecule has 0 heterocycles. The molecule has 132 valence electrons. The van der Waals surface area contributed by atoms with Crippen LogP contribution in [-0.4, -0.2) is 42.5 Å². The maximum Gasteiger partial charge on any atom is 0.303 e. The SMILES string of the molecule is CCCCCCCCCCCC(=O)O.CN(C)CCC(N)=O. The van der Waals surface area contributed by atoms with Gasteiger partial charge in [0.15, 0.2) is 0 Å². The summed E-state index contributed by atoms with van der Waals surface area (Å²) >= 11 is 0. The lowest BCUT2D eigenvalue weighted by Gasteiger charge is -2.05. The molecule has 0 radical (unpaired) electrons. The second-order valence-corrected chi connectivity index (χ2v) is 5.99. The summed E-state index contributed by atoms with van der Waals surface area (Å²) in [5.41, 5.74) is 4.88. The zero-order valence-corrected chi connectivity index (χ0v) is 14.8. The quantitative estimate of drug-likeness (QED) is 0.510. The first-order chi connectivity index (χ1) is 10.4. The van der Waals surface area contributed by atoms with Gasteiger partial charge in [0.2, 0.25) is 5.91 Å². The Bertz CT molecular complexity index is 269. The van der Waals surface area contributed by atoms with E-state index >= 15 is 0 Å². The molecule has 5 nitrogen and oxygen atoms in total. The average molecular weight is 316 g/mol. The maximum absolute atomic E-state index is 10.2. The number of amides is 1. The minimum atomic E-state index is -0.659. The lowest BCUT2D eigenvalue weighted by atomic mass is 10.1. The number of aliphatic carboxylic acids is 1. The molecule has 0 aliphatic heterocycles. The summed E-state index contributed by atoms with van der Waals surface area (Å²) < 4.78 is 0. The van der Waals surface area contributed by atoms with E-state index in [1.54, 1.807) is 0 Å². The van der Waals surface area contributed by atoms with E-state index in [1.165, 1.54) is 44.9 Å². The van der Waals surface area contributed by atoms with Crippen LogP contribution in [0.15, 0.2) is 0 Å². The van der Waals surface area contributed by atoms with Crippen LogP contribution >= 0.6 is 0 Å². The van der Waals surface area contributed by atoms with Crippen LogP contribution in [0.25, 0.3) is 0 Å². The normalized spacial score (nSPS) is 10.2. The van der Waals surface area contributed by atoms with Crippen molar-refractivity contribution in [3.63, 3.8) is 0 Å². The van der Waals surface area contributed by atoms with Crippen molar-refractivity contribution in [2.24, 2.45) is 5.73 Å². The van der Waals surface area contributed by atoms with E-state index < -0.39 is 5.97 Å². The maximum atomic E-state index is 10.2. The van der Waals surface area contributed by atoms with Crippen molar-refractivity contribution in [3.05, 3.63) is 0 Å². The Morgan fingerprint density at radius 2 is 1.32 bits per heavy atom. The summed E-state index contributed by atoms with van der Waals surface area (Å²) in [4.78, 5) is 22.2. The van der Waals surface area contributed by atoms with Crippen LogP contribution in [0.1, 0.15) is 77.6 Å². The van der Waals surface area contributed by atoms with Gasteiger partial charge >= 0.3 is 5.97 Å². The molecule has 0 unspecified atom stereocenters. The van der Waals surface area contributed by atoms with E-state index in [0.717, 1.165) is 19.4 Å². The van der Waals surface area contributed by atoms with Crippen molar-refractivity contribution >= 4 is 11.9 Å². The van der Waals surface area contributed by atoms with Crippen LogP contribution in [0.3, 0.4) is 0 Å². The summed E-state index contributed by atoms with van der Waals surface area (Å²) in [6.07, 6.45) is 11.9. The van der Waals surface area contributed by atoms with Gasteiger partial charge in [0.25, 0.3) is 0 Å². The van der Waals surface area contributed by atoms with Crippen LogP contribution in [0.4, 0.5) is 0 Å². The number of hydrogen-bond donors (Lipinski definition) is 2. The van der Waals surface area contributed by atoms with Crippen LogP contribution in [-0.2, 0) is 9.59 Å².